The standard InChI is InChI=1S/C18H18N4O6/c1-26-15-6-12(7-16(27-2)18(15)28-3)20-17(23)10-21-14-8-13(22(24)25)5-4-11(14)9-19-21/h4-9H,10H2,1-3H3,(H,20,23). The molecule has 0 aliphatic carbocycles. The van der Waals surface area contributed by atoms with Crippen molar-refractivity contribution in [1.82, 2.24) is 9.78 Å². The number of hydrogen-bond acceptors (Lipinski definition) is 7. The Labute approximate surface area is 159 Å². The van der Waals surface area contributed by atoms with E-state index in [0.717, 1.165) is 0 Å². The molecule has 146 valence electrons. The first-order valence-corrected chi connectivity index (χ1v) is 8.16. The number of nitrogens with zero attached hydrogens (tertiary/aromatic N) is 3. The fourth-order valence-corrected chi connectivity index (χ4v) is 2.79. The van der Waals surface area contributed by atoms with E-state index in [1.54, 1.807) is 24.4 Å². The zero-order chi connectivity index (χ0) is 20.3. The highest BCUT2D eigenvalue weighted by Crippen LogP contribution is 2.39. The Hall–Kier alpha value is -3.82. The number of benzene rings is 2. The van der Waals surface area contributed by atoms with Crippen molar-refractivity contribution in [3.63, 3.8) is 0 Å². The van der Waals surface area contributed by atoms with E-state index in [1.165, 1.54) is 38.1 Å². The summed E-state index contributed by atoms with van der Waals surface area (Å²) in [6.07, 6.45) is 1.55. The summed E-state index contributed by atoms with van der Waals surface area (Å²) in [7, 11) is 4.44. The van der Waals surface area contributed by atoms with E-state index in [0.29, 0.717) is 33.8 Å². The number of nitro groups is 1. The molecule has 0 aliphatic rings. The monoisotopic (exact) mass is 386 g/mol. The molecule has 0 unspecified atom stereocenters. The van der Waals surface area contributed by atoms with Crippen LogP contribution >= 0.6 is 0 Å². The van der Waals surface area contributed by atoms with Gasteiger partial charge in [-0.2, -0.15) is 5.10 Å². The van der Waals surface area contributed by atoms with Gasteiger partial charge >= 0.3 is 0 Å². The van der Waals surface area contributed by atoms with Gasteiger partial charge in [0.15, 0.2) is 11.5 Å². The van der Waals surface area contributed by atoms with Gasteiger partial charge in [-0.1, -0.05) is 0 Å². The number of hydrogen-bond donors (Lipinski definition) is 1. The molecule has 0 radical (unpaired) electrons. The topological polar surface area (TPSA) is 118 Å². The molecule has 28 heavy (non-hydrogen) atoms. The SMILES string of the molecule is COc1cc(NC(=O)Cn2ncc3ccc([N+](=O)[O-])cc32)cc(OC)c1OC. The summed E-state index contributed by atoms with van der Waals surface area (Å²) in [4.78, 5) is 23.0. The Morgan fingerprint density at radius 2 is 1.82 bits per heavy atom. The van der Waals surface area contributed by atoms with Gasteiger partial charge in [-0.3, -0.25) is 19.6 Å². The molecule has 10 nitrogen and oxygen atoms in total. The first kappa shape index (κ1) is 19.0. The number of anilines is 1. The number of ether oxygens (including phenoxy) is 3. The molecule has 0 spiro atoms. The lowest BCUT2D eigenvalue weighted by Gasteiger charge is -2.14. The van der Waals surface area contributed by atoms with Gasteiger partial charge in [0, 0.05) is 35.3 Å². The largest absolute Gasteiger partial charge is 0.493 e. The van der Waals surface area contributed by atoms with Crippen molar-refractivity contribution >= 4 is 28.2 Å². The van der Waals surface area contributed by atoms with Crippen LogP contribution in [0.1, 0.15) is 0 Å². The smallest absolute Gasteiger partial charge is 0.271 e. The van der Waals surface area contributed by atoms with Gasteiger partial charge < -0.3 is 19.5 Å². The van der Waals surface area contributed by atoms with E-state index >= 15 is 0 Å². The molecule has 0 aliphatic heterocycles. The molecular formula is C18H18N4O6. The second-order valence-corrected chi connectivity index (χ2v) is 5.76. The summed E-state index contributed by atoms with van der Waals surface area (Å²) in [6.45, 7) is -0.124. The van der Waals surface area contributed by atoms with E-state index in [4.69, 9.17) is 14.2 Å². The van der Waals surface area contributed by atoms with Gasteiger partial charge in [-0.05, 0) is 6.07 Å². The van der Waals surface area contributed by atoms with Crippen LogP contribution in [-0.2, 0) is 11.3 Å². The van der Waals surface area contributed by atoms with Gasteiger partial charge in [-0.25, -0.2) is 0 Å². The Balaban J connectivity index is 1.84. The van der Waals surface area contributed by atoms with Crippen LogP contribution in [-0.4, -0.2) is 41.9 Å². The quantitative estimate of drug-likeness (QED) is 0.490. The van der Waals surface area contributed by atoms with Crippen LogP contribution in [0.3, 0.4) is 0 Å². The van der Waals surface area contributed by atoms with Gasteiger partial charge in [-0.15, -0.1) is 0 Å². The second-order valence-electron chi connectivity index (χ2n) is 5.76. The zero-order valence-corrected chi connectivity index (χ0v) is 15.5. The molecule has 1 amide bonds. The summed E-state index contributed by atoms with van der Waals surface area (Å²) in [5.74, 6) is 0.841. The van der Waals surface area contributed by atoms with Crippen LogP contribution in [0.2, 0.25) is 0 Å². The van der Waals surface area contributed by atoms with Gasteiger partial charge in [0.2, 0.25) is 11.7 Å². The molecule has 3 aromatic rings. The lowest BCUT2D eigenvalue weighted by Crippen LogP contribution is -2.19. The number of fused-ring (bicyclic) bond motifs is 1. The van der Waals surface area contributed by atoms with Crippen LogP contribution in [0.5, 0.6) is 17.2 Å². The highest BCUT2D eigenvalue weighted by atomic mass is 16.6. The van der Waals surface area contributed by atoms with Crippen molar-refractivity contribution in [2.45, 2.75) is 6.54 Å². The lowest BCUT2D eigenvalue weighted by molar-refractivity contribution is -0.384. The Morgan fingerprint density at radius 1 is 1.14 bits per heavy atom. The lowest BCUT2D eigenvalue weighted by atomic mass is 10.2. The highest BCUT2D eigenvalue weighted by molar-refractivity contribution is 5.92. The maximum Gasteiger partial charge on any atom is 0.271 e. The molecule has 0 atom stereocenters. The van der Waals surface area contributed by atoms with Crippen LogP contribution in [0.4, 0.5) is 11.4 Å². The van der Waals surface area contributed by atoms with Crippen LogP contribution in [0.15, 0.2) is 36.5 Å². The molecule has 1 heterocycles. The molecule has 0 fully saturated rings. The summed E-state index contributed by atoms with van der Waals surface area (Å²) in [5.41, 5.74) is 0.871. The molecule has 3 rings (SSSR count). The predicted octanol–water partition coefficient (Wildman–Crippen LogP) is 2.61. The van der Waals surface area contributed by atoms with Crippen LogP contribution in [0.25, 0.3) is 10.9 Å². The molecular weight excluding hydrogens is 368 g/mol. The maximum atomic E-state index is 12.5. The summed E-state index contributed by atoms with van der Waals surface area (Å²) in [5, 5.41) is 18.5. The average molecular weight is 386 g/mol. The zero-order valence-electron chi connectivity index (χ0n) is 15.5. The van der Waals surface area contributed by atoms with Crippen LogP contribution < -0.4 is 19.5 Å². The number of rotatable bonds is 7. The van der Waals surface area contributed by atoms with Crippen LogP contribution in [0, 0.1) is 10.1 Å². The minimum atomic E-state index is -0.493. The number of amides is 1. The maximum absolute atomic E-state index is 12.5. The van der Waals surface area contributed by atoms with E-state index < -0.39 is 4.92 Å². The van der Waals surface area contributed by atoms with Crippen molar-refractivity contribution in [3.8, 4) is 17.2 Å². The van der Waals surface area contributed by atoms with Gasteiger partial charge in [0.05, 0.1) is 38.0 Å². The van der Waals surface area contributed by atoms with Crippen molar-refractivity contribution < 1.29 is 23.9 Å². The summed E-state index contributed by atoms with van der Waals surface area (Å²) >= 11 is 0. The summed E-state index contributed by atoms with van der Waals surface area (Å²) in [6, 6.07) is 7.57. The third-order valence-electron chi connectivity index (χ3n) is 4.08. The Bertz CT molecular complexity index is 1020. The number of nitro benzene ring substituents is 1. The van der Waals surface area contributed by atoms with Gasteiger partial charge in [0.1, 0.15) is 6.54 Å². The first-order valence-electron chi connectivity index (χ1n) is 8.16. The fraction of sp³-hybridized carbons (Fsp3) is 0.222. The molecule has 0 saturated carbocycles. The molecule has 1 N–H and O–H groups in total. The number of carbonyl (C=O) groups excluding carboxylic acids is 1. The van der Waals surface area contributed by atoms with Gasteiger partial charge in [0.25, 0.3) is 5.69 Å². The summed E-state index contributed by atoms with van der Waals surface area (Å²) < 4.78 is 17.2. The number of carbonyl (C=O) groups is 1. The fourth-order valence-electron chi connectivity index (χ4n) is 2.79. The Morgan fingerprint density at radius 3 is 2.39 bits per heavy atom. The van der Waals surface area contributed by atoms with E-state index in [-0.39, 0.29) is 18.1 Å². The third-order valence-corrected chi connectivity index (χ3v) is 4.08. The molecule has 1 aromatic heterocycles. The van der Waals surface area contributed by atoms with Crippen molar-refractivity contribution in [1.29, 1.82) is 0 Å². The molecule has 2 aromatic carbocycles. The molecule has 10 heteroatoms. The third kappa shape index (κ3) is 3.65. The molecule has 0 bridgehead atoms. The van der Waals surface area contributed by atoms with Crippen molar-refractivity contribution in [3.05, 3.63) is 46.6 Å². The van der Waals surface area contributed by atoms with Crippen molar-refractivity contribution in [2.75, 3.05) is 26.6 Å². The minimum absolute atomic E-state index is 0.0701. The first-order chi connectivity index (χ1) is 13.5. The minimum Gasteiger partial charge on any atom is -0.493 e. The average Bonchev–Trinajstić information content (AvgIpc) is 3.08. The Kier molecular flexibility index (Phi) is 5.30. The number of nitrogens with one attached hydrogen (secondary N) is 1. The normalized spacial score (nSPS) is 10.5. The van der Waals surface area contributed by atoms with E-state index in [2.05, 4.69) is 10.4 Å². The number of methoxy groups -OCH3 is 3. The predicted molar refractivity (Wildman–Crippen MR) is 101 cm³/mol. The van der Waals surface area contributed by atoms with E-state index in [1.807, 2.05) is 0 Å². The number of aromatic nitrogens is 2. The number of non-ortho nitro benzene ring substituents is 1. The highest BCUT2D eigenvalue weighted by Gasteiger charge is 2.16. The molecule has 0 saturated heterocycles. The van der Waals surface area contributed by atoms with Crippen molar-refractivity contribution in [2.24, 2.45) is 0 Å². The van der Waals surface area contributed by atoms with E-state index in [9.17, 15) is 14.9 Å². The second kappa shape index (κ2) is 7.82.